The average Bonchev–Trinajstić information content (AvgIpc) is 3.20. The Hall–Kier alpha value is -3.53. The summed E-state index contributed by atoms with van der Waals surface area (Å²) in [6, 6.07) is 24.2. The van der Waals surface area contributed by atoms with E-state index in [9.17, 15) is 4.79 Å². The Kier molecular flexibility index (Phi) is 6.08. The summed E-state index contributed by atoms with van der Waals surface area (Å²) in [5.41, 5.74) is 5.53. The van der Waals surface area contributed by atoms with Crippen LogP contribution in [0.1, 0.15) is 35.2 Å². The van der Waals surface area contributed by atoms with Crippen molar-refractivity contribution in [2.45, 2.75) is 26.8 Å². The second-order valence-corrected chi connectivity index (χ2v) is 7.89. The molecule has 1 amide bonds. The fourth-order valence-electron chi connectivity index (χ4n) is 4.03. The van der Waals surface area contributed by atoms with Crippen molar-refractivity contribution in [2.75, 3.05) is 13.2 Å². The first-order chi connectivity index (χ1) is 15.1. The van der Waals surface area contributed by atoms with Gasteiger partial charge in [0.25, 0.3) is 5.91 Å². The third-order valence-corrected chi connectivity index (χ3v) is 5.63. The lowest BCUT2D eigenvalue weighted by molar-refractivity contribution is -0.134. The predicted octanol–water partition coefficient (Wildman–Crippen LogP) is 5.80. The maximum Gasteiger partial charge on any atom is 0.261 e. The molecule has 0 spiro atoms. The molecule has 0 radical (unpaired) electrons. The van der Waals surface area contributed by atoms with E-state index >= 15 is 0 Å². The van der Waals surface area contributed by atoms with Crippen molar-refractivity contribution >= 4 is 16.8 Å². The molecule has 0 aliphatic carbocycles. The molecule has 1 aromatic heterocycles. The summed E-state index contributed by atoms with van der Waals surface area (Å²) in [6.07, 6.45) is 2.02. The van der Waals surface area contributed by atoms with Crippen molar-refractivity contribution in [3.63, 3.8) is 0 Å². The molecule has 4 aromatic rings. The zero-order chi connectivity index (χ0) is 21.8. The van der Waals surface area contributed by atoms with Crippen LogP contribution in [0.4, 0.5) is 0 Å². The van der Waals surface area contributed by atoms with Crippen molar-refractivity contribution in [2.24, 2.45) is 0 Å². The number of aromatic nitrogens is 1. The number of carbonyl (C=O) groups excluding carboxylic acids is 1. The molecule has 3 aromatic carbocycles. The van der Waals surface area contributed by atoms with Gasteiger partial charge < -0.3 is 14.6 Å². The Balaban J connectivity index is 1.68. The van der Waals surface area contributed by atoms with Gasteiger partial charge in [-0.1, -0.05) is 60.2 Å². The van der Waals surface area contributed by atoms with E-state index in [1.54, 1.807) is 0 Å². The van der Waals surface area contributed by atoms with E-state index in [4.69, 9.17) is 4.74 Å². The lowest BCUT2D eigenvalue weighted by atomic mass is 9.95. The summed E-state index contributed by atoms with van der Waals surface area (Å²) < 4.78 is 5.84. The highest BCUT2D eigenvalue weighted by Crippen LogP contribution is 2.34. The minimum absolute atomic E-state index is 0.00199. The van der Waals surface area contributed by atoms with Crippen LogP contribution < -0.4 is 4.74 Å². The van der Waals surface area contributed by atoms with Crippen molar-refractivity contribution in [3.05, 3.63) is 101 Å². The molecule has 0 fully saturated rings. The zero-order valence-electron chi connectivity index (χ0n) is 18.3. The number of nitrogens with one attached hydrogen (secondary N) is 1. The summed E-state index contributed by atoms with van der Waals surface area (Å²) in [6.45, 7) is 6.68. The van der Waals surface area contributed by atoms with Gasteiger partial charge in [-0.05, 0) is 50.1 Å². The Morgan fingerprint density at radius 1 is 0.968 bits per heavy atom. The lowest BCUT2D eigenvalue weighted by Crippen LogP contribution is -2.38. The maximum absolute atomic E-state index is 13.3. The summed E-state index contributed by atoms with van der Waals surface area (Å²) in [7, 11) is 0. The normalized spacial score (nSPS) is 12.0. The lowest BCUT2D eigenvalue weighted by Gasteiger charge is -2.31. The molecule has 0 aliphatic heterocycles. The molecule has 4 nitrogen and oxygen atoms in total. The van der Waals surface area contributed by atoms with Gasteiger partial charge in [0.1, 0.15) is 5.75 Å². The quantitative estimate of drug-likeness (QED) is 0.417. The molecular formula is C27H28N2O2. The van der Waals surface area contributed by atoms with Crippen LogP contribution in [0.3, 0.4) is 0 Å². The van der Waals surface area contributed by atoms with Gasteiger partial charge in [0.05, 0.1) is 6.04 Å². The molecule has 0 bridgehead atoms. The van der Waals surface area contributed by atoms with E-state index < -0.39 is 0 Å². The van der Waals surface area contributed by atoms with Crippen LogP contribution in [-0.2, 0) is 4.79 Å². The van der Waals surface area contributed by atoms with Crippen LogP contribution in [0.5, 0.6) is 5.75 Å². The Bertz CT molecular complexity index is 1180. The number of aryl methyl sites for hydroxylation is 2. The summed E-state index contributed by atoms with van der Waals surface area (Å²) >= 11 is 0. The van der Waals surface area contributed by atoms with Crippen molar-refractivity contribution < 1.29 is 9.53 Å². The number of ether oxygens (including phenoxy) is 1. The van der Waals surface area contributed by atoms with Crippen LogP contribution in [-0.4, -0.2) is 28.9 Å². The fourth-order valence-corrected chi connectivity index (χ4v) is 4.03. The minimum Gasteiger partial charge on any atom is -0.484 e. The van der Waals surface area contributed by atoms with Gasteiger partial charge in [-0.2, -0.15) is 0 Å². The second-order valence-electron chi connectivity index (χ2n) is 7.89. The third-order valence-electron chi connectivity index (χ3n) is 5.63. The van der Waals surface area contributed by atoms with Crippen LogP contribution in [0, 0.1) is 13.8 Å². The summed E-state index contributed by atoms with van der Waals surface area (Å²) in [5, 5.41) is 1.12. The number of fused-ring (bicyclic) bond motifs is 1. The molecule has 0 saturated heterocycles. The minimum atomic E-state index is -0.199. The second kappa shape index (κ2) is 9.09. The number of para-hydroxylation sites is 1. The summed E-state index contributed by atoms with van der Waals surface area (Å²) in [5.74, 6) is 0.670. The molecule has 0 aliphatic rings. The van der Waals surface area contributed by atoms with Crippen LogP contribution in [0.2, 0.25) is 0 Å². The molecule has 158 valence electrons. The highest BCUT2D eigenvalue weighted by Gasteiger charge is 2.28. The number of benzene rings is 3. The first-order valence-corrected chi connectivity index (χ1v) is 10.7. The monoisotopic (exact) mass is 412 g/mol. The first kappa shape index (κ1) is 20.7. The van der Waals surface area contributed by atoms with Crippen LogP contribution in [0.25, 0.3) is 10.9 Å². The molecule has 0 unspecified atom stereocenters. The Morgan fingerprint density at radius 3 is 2.48 bits per heavy atom. The Morgan fingerprint density at radius 2 is 1.74 bits per heavy atom. The van der Waals surface area contributed by atoms with E-state index in [0.717, 1.165) is 27.6 Å². The maximum atomic E-state index is 13.3. The highest BCUT2D eigenvalue weighted by atomic mass is 16.5. The number of likely N-dealkylation sites (N-methyl/N-ethyl adjacent to an activating group) is 1. The molecule has 4 heteroatoms. The predicted molar refractivity (Wildman–Crippen MR) is 125 cm³/mol. The number of hydrogen-bond acceptors (Lipinski definition) is 2. The number of hydrogen-bond donors (Lipinski definition) is 1. The highest BCUT2D eigenvalue weighted by molar-refractivity contribution is 5.86. The van der Waals surface area contributed by atoms with Crippen molar-refractivity contribution in [1.29, 1.82) is 0 Å². The van der Waals surface area contributed by atoms with Gasteiger partial charge in [-0.25, -0.2) is 0 Å². The standard InChI is InChI=1S/C27H28N2O2/c1-4-29(26(30)18-31-22-9-7-8-20(3)16-22)27(21-14-12-19(2)13-15-21)24-17-28-25-11-6-5-10-23(24)25/h5-17,27-28H,4,18H2,1-3H3/t27-/m0/s1. The molecule has 1 heterocycles. The molecule has 1 N–H and O–H groups in total. The van der Waals surface area contributed by atoms with Gasteiger partial charge in [0.15, 0.2) is 6.61 Å². The Labute approximate surface area is 183 Å². The van der Waals surface area contributed by atoms with Crippen LogP contribution >= 0.6 is 0 Å². The van der Waals surface area contributed by atoms with E-state index in [1.165, 1.54) is 5.56 Å². The van der Waals surface area contributed by atoms with E-state index in [0.29, 0.717) is 12.3 Å². The summed E-state index contributed by atoms with van der Waals surface area (Å²) in [4.78, 5) is 18.6. The molecule has 31 heavy (non-hydrogen) atoms. The van der Waals surface area contributed by atoms with Gasteiger partial charge in [-0.15, -0.1) is 0 Å². The molecule has 1 atom stereocenters. The number of nitrogens with zero attached hydrogens (tertiary/aromatic N) is 1. The molecule has 0 saturated carbocycles. The van der Waals surface area contributed by atoms with Crippen molar-refractivity contribution in [1.82, 2.24) is 9.88 Å². The number of H-pyrrole nitrogens is 1. The number of aromatic amines is 1. The topological polar surface area (TPSA) is 45.3 Å². The molecule has 4 rings (SSSR count). The van der Waals surface area contributed by atoms with E-state index in [1.807, 2.05) is 61.3 Å². The van der Waals surface area contributed by atoms with Crippen molar-refractivity contribution in [3.8, 4) is 5.75 Å². The number of amides is 1. The van der Waals surface area contributed by atoms with Gasteiger partial charge in [0, 0.05) is 29.2 Å². The van der Waals surface area contributed by atoms with E-state index in [2.05, 4.69) is 48.3 Å². The van der Waals surface area contributed by atoms with Crippen LogP contribution in [0.15, 0.2) is 79.0 Å². The fraction of sp³-hybridized carbons (Fsp3) is 0.222. The van der Waals surface area contributed by atoms with Gasteiger partial charge in [0.2, 0.25) is 0 Å². The number of rotatable bonds is 7. The first-order valence-electron chi connectivity index (χ1n) is 10.7. The average molecular weight is 413 g/mol. The smallest absolute Gasteiger partial charge is 0.261 e. The SMILES string of the molecule is CCN(C(=O)COc1cccc(C)c1)[C@@H](c1ccc(C)cc1)c1c[nH]c2ccccc12. The molecular weight excluding hydrogens is 384 g/mol. The number of carbonyl (C=O) groups is 1. The zero-order valence-corrected chi connectivity index (χ0v) is 18.3. The van der Waals surface area contributed by atoms with Gasteiger partial charge >= 0.3 is 0 Å². The van der Waals surface area contributed by atoms with E-state index in [-0.39, 0.29) is 18.6 Å². The van der Waals surface area contributed by atoms with Gasteiger partial charge in [-0.3, -0.25) is 4.79 Å². The third kappa shape index (κ3) is 4.48. The largest absolute Gasteiger partial charge is 0.484 e.